The van der Waals surface area contributed by atoms with Crippen molar-refractivity contribution in [1.82, 2.24) is 5.32 Å². The van der Waals surface area contributed by atoms with Gasteiger partial charge in [0.2, 0.25) is 0 Å². The summed E-state index contributed by atoms with van der Waals surface area (Å²) in [5, 5.41) is 13.8. The maximum absolute atomic E-state index is 12.6. The van der Waals surface area contributed by atoms with Crippen LogP contribution < -0.4 is 5.32 Å². The molecule has 2 aromatic rings. The first-order valence-corrected chi connectivity index (χ1v) is 10.3. The number of hydrogen-bond donors (Lipinski definition) is 2. The average Bonchev–Trinajstić information content (AvgIpc) is 2.82. The van der Waals surface area contributed by atoms with Gasteiger partial charge in [0.05, 0.1) is 6.04 Å². The molecule has 3 nitrogen and oxygen atoms in total. The minimum absolute atomic E-state index is 0.101. The van der Waals surface area contributed by atoms with Crippen molar-refractivity contribution in [2.75, 3.05) is 6.54 Å². The maximum Gasteiger partial charge on any atom is 0.183 e. The van der Waals surface area contributed by atoms with Crippen LogP contribution in [-0.4, -0.2) is 17.4 Å². The fourth-order valence-electron chi connectivity index (χ4n) is 3.50. The van der Waals surface area contributed by atoms with E-state index in [1.807, 2.05) is 42.5 Å². The summed E-state index contributed by atoms with van der Waals surface area (Å²) in [6.45, 7) is 8.62. The first kappa shape index (κ1) is 22.0. The standard InChI is InChI=1S/C28H27NO2/c1-3-22(28(31)24-15-8-6-9-16-24)13-7-4-5-10-18-26(30)21(2)27-25-17-12-11-14-23(25)19-20-29-27/h3-18,27,29,31H,1-2,19-20H2. The maximum atomic E-state index is 12.6. The van der Waals surface area contributed by atoms with Crippen molar-refractivity contribution in [3.05, 3.63) is 138 Å². The minimum atomic E-state index is -0.146. The van der Waals surface area contributed by atoms with Crippen molar-refractivity contribution in [2.45, 2.75) is 12.5 Å². The number of aliphatic hydroxyl groups is 1. The molecule has 1 unspecified atom stereocenters. The molecule has 1 heterocycles. The summed E-state index contributed by atoms with van der Waals surface area (Å²) in [7, 11) is 0. The molecule has 3 rings (SSSR count). The quantitative estimate of drug-likeness (QED) is 0.328. The smallest absolute Gasteiger partial charge is 0.183 e. The van der Waals surface area contributed by atoms with Crippen LogP contribution in [0.25, 0.3) is 5.76 Å². The van der Waals surface area contributed by atoms with E-state index in [1.54, 1.807) is 36.5 Å². The summed E-state index contributed by atoms with van der Waals surface area (Å²) in [6, 6.07) is 17.3. The van der Waals surface area contributed by atoms with Gasteiger partial charge < -0.3 is 10.4 Å². The van der Waals surface area contributed by atoms with Crippen LogP contribution in [0.3, 0.4) is 0 Å². The molecule has 1 aliphatic heterocycles. The van der Waals surface area contributed by atoms with Crippen molar-refractivity contribution in [3.8, 4) is 0 Å². The van der Waals surface area contributed by atoms with Crippen LogP contribution in [0.1, 0.15) is 22.7 Å². The Balaban J connectivity index is 1.61. The zero-order valence-corrected chi connectivity index (χ0v) is 17.5. The SMILES string of the molecule is C=CC(C=CC=CC=CC(=O)C(=C)C1NCCc2ccccc21)=C(O)c1ccccc1. The average molecular weight is 410 g/mol. The Morgan fingerprint density at radius 2 is 1.65 bits per heavy atom. The van der Waals surface area contributed by atoms with Crippen LogP contribution in [0.5, 0.6) is 0 Å². The number of ketones is 1. The van der Waals surface area contributed by atoms with Gasteiger partial charge in [-0.2, -0.15) is 0 Å². The summed E-state index contributed by atoms with van der Waals surface area (Å²) in [4.78, 5) is 12.6. The highest BCUT2D eigenvalue weighted by Gasteiger charge is 2.24. The molecule has 0 saturated heterocycles. The third kappa shape index (κ3) is 5.68. The van der Waals surface area contributed by atoms with E-state index in [-0.39, 0.29) is 17.6 Å². The molecule has 2 aromatic carbocycles. The lowest BCUT2D eigenvalue weighted by Crippen LogP contribution is -2.32. The van der Waals surface area contributed by atoms with Gasteiger partial charge in [-0.25, -0.2) is 0 Å². The lowest BCUT2D eigenvalue weighted by molar-refractivity contribution is -0.111. The fraction of sp³-hybridized carbons (Fsp3) is 0.107. The topological polar surface area (TPSA) is 49.3 Å². The van der Waals surface area contributed by atoms with Gasteiger partial charge in [0.15, 0.2) is 5.78 Å². The predicted molar refractivity (Wildman–Crippen MR) is 129 cm³/mol. The first-order chi connectivity index (χ1) is 15.1. The molecule has 2 N–H and O–H groups in total. The van der Waals surface area contributed by atoms with E-state index in [0.717, 1.165) is 24.1 Å². The number of nitrogens with one attached hydrogen (secondary N) is 1. The summed E-state index contributed by atoms with van der Waals surface area (Å²) < 4.78 is 0. The molecule has 0 radical (unpaired) electrons. The lowest BCUT2D eigenvalue weighted by Gasteiger charge is -2.27. The molecule has 3 heteroatoms. The second kappa shape index (κ2) is 10.9. The van der Waals surface area contributed by atoms with Crippen LogP contribution >= 0.6 is 0 Å². The van der Waals surface area contributed by atoms with E-state index in [1.165, 1.54) is 11.6 Å². The molecule has 0 aliphatic carbocycles. The number of hydrogen-bond acceptors (Lipinski definition) is 3. The van der Waals surface area contributed by atoms with Crippen molar-refractivity contribution in [1.29, 1.82) is 0 Å². The van der Waals surface area contributed by atoms with E-state index in [9.17, 15) is 9.90 Å². The van der Waals surface area contributed by atoms with E-state index in [0.29, 0.717) is 11.1 Å². The number of carbonyl (C=O) groups excluding carboxylic acids is 1. The summed E-state index contributed by atoms with van der Waals surface area (Å²) in [5.41, 5.74) is 4.27. The monoisotopic (exact) mass is 409 g/mol. The number of carbonyl (C=O) groups is 1. The van der Waals surface area contributed by atoms with Gasteiger partial charge >= 0.3 is 0 Å². The number of aliphatic hydroxyl groups excluding tert-OH is 1. The molecule has 31 heavy (non-hydrogen) atoms. The van der Waals surface area contributed by atoms with Crippen molar-refractivity contribution >= 4 is 11.5 Å². The van der Waals surface area contributed by atoms with Crippen LogP contribution in [0.15, 0.2) is 121 Å². The second-order valence-electron chi connectivity index (χ2n) is 7.20. The molecule has 156 valence electrons. The molecule has 0 bridgehead atoms. The van der Waals surface area contributed by atoms with Crippen LogP contribution in [0, 0.1) is 0 Å². The highest BCUT2D eigenvalue weighted by atomic mass is 16.3. The van der Waals surface area contributed by atoms with Gasteiger partial charge in [-0.05, 0) is 23.6 Å². The fourth-order valence-corrected chi connectivity index (χ4v) is 3.50. The zero-order valence-electron chi connectivity index (χ0n) is 17.5. The van der Waals surface area contributed by atoms with Gasteiger partial charge in [-0.1, -0.05) is 104 Å². The third-order valence-electron chi connectivity index (χ3n) is 5.17. The first-order valence-electron chi connectivity index (χ1n) is 10.3. The number of rotatable bonds is 8. The molecule has 0 fully saturated rings. The molecule has 0 saturated carbocycles. The van der Waals surface area contributed by atoms with Gasteiger partial charge in [-0.15, -0.1) is 0 Å². The Hall–Kier alpha value is -3.69. The van der Waals surface area contributed by atoms with Crippen LogP contribution in [-0.2, 0) is 11.2 Å². The molecular weight excluding hydrogens is 382 g/mol. The van der Waals surface area contributed by atoms with Crippen molar-refractivity contribution in [3.63, 3.8) is 0 Å². The van der Waals surface area contributed by atoms with Gasteiger partial charge in [0.25, 0.3) is 0 Å². The Kier molecular flexibility index (Phi) is 7.74. The van der Waals surface area contributed by atoms with Gasteiger partial charge in [0, 0.05) is 23.3 Å². The summed E-state index contributed by atoms with van der Waals surface area (Å²) in [5.74, 6) is 0.0683. The molecule has 0 aromatic heterocycles. The molecule has 0 spiro atoms. The lowest BCUT2D eigenvalue weighted by atomic mass is 9.89. The van der Waals surface area contributed by atoms with E-state index in [4.69, 9.17) is 0 Å². The Morgan fingerprint density at radius 3 is 2.39 bits per heavy atom. The number of allylic oxidation sites excluding steroid dienone is 8. The van der Waals surface area contributed by atoms with Gasteiger partial charge in [0.1, 0.15) is 5.76 Å². The van der Waals surface area contributed by atoms with Crippen LogP contribution in [0.4, 0.5) is 0 Å². The minimum Gasteiger partial charge on any atom is -0.507 e. The molecule has 1 atom stereocenters. The van der Waals surface area contributed by atoms with Crippen molar-refractivity contribution < 1.29 is 9.90 Å². The summed E-state index contributed by atoms with van der Waals surface area (Å²) in [6.07, 6.45) is 12.9. The zero-order chi connectivity index (χ0) is 22.1. The van der Waals surface area contributed by atoms with E-state index < -0.39 is 0 Å². The number of benzene rings is 2. The molecular formula is C28H27NO2. The number of fused-ring (bicyclic) bond motifs is 1. The van der Waals surface area contributed by atoms with E-state index in [2.05, 4.69) is 30.6 Å². The Bertz CT molecular complexity index is 1070. The Labute approximate surface area is 184 Å². The summed E-state index contributed by atoms with van der Waals surface area (Å²) >= 11 is 0. The third-order valence-corrected chi connectivity index (χ3v) is 5.17. The second-order valence-corrected chi connectivity index (χ2v) is 7.20. The van der Waals surface area contributed by atoms with Crippen LogP contribution in [0.2, 0.25) is 0 Å². The Morgan fingerprint density at radius 1 is 0.968 bits per heavy atom. The largest absolute Gasteiger partial charge is 0.507 e. The highest BCUT2D eigenvalue weighted by Crippen LogP contribution is 2.28. The normalized spacial score (nSPS) is 17.0. The van der Waals surface area contributed by atoms with Gasteiger partial charge in [-0.3, -0.25) is 4.79 Å². The molecule has 0 amide bonds. The van der Waals surface area contributed by atoms with E-state index >= 15 is 0 Å². The molecule has 1 aliphatic rings. The van der Waals surface area contributed by atoms with Crippen molar-refractivity contribution in [2.24, 2.45) is 0 Å². The highest BCUT2D eigenvalue weighted by molar-refractivity contribution is 6.04. The predicted octanol–water partition coefficient (Wildman–Crippen LogP) is 5.82.